The summed E-state index contributed by atoms with van der Waals surface area (Å²) in [7, 11) is 0. The van der Waals surface area contributed by atoms with Crippen molar-refractivity contribution in [1.29, 1.82) is 0 Å². The number of nitrogens with one attached hydrogen (secondary N) is 1. The van der Waals surface area contributed by atoms with Crippen molar-refractivity contribution < 1.29 is 0 Å². The van der Waals surface area contributed by atoms with Crippen molar-refractivity contribution in [2.75, 3.05) is 0 Å². The first-order valence-electron chi connectivity index (χ1n) is 4.09. The molecule has 0 fully saturated rings. The smallest absolute Gasteiger partial charge is 0.0703 e. The first-order valence-corrected chi connectivity index (χ1v) is 4.97. The molecule has 0 aromatic carbocycles. The highest BCUT2D eigenvalue weighted by Gasteiger charge is 2.06. The van der Waals surface area contributed by atoms with E-state index in [4.69, 9.17) is 5.73 Å². The quantitative estimate of drug-likeness (QED) is 0.765. The van der Waals surface area contributed by atoms with Gasteiger partial charge in [-0.15, -0.1) is 11.3 Å². The van der Waals surface area contributed by atoms with Crippen LogP contribution in [0.1, 0.15) is 10.4 Å². The predicted molar refractivity (Wildman–Crippen MR) is 54.5 cm³/mol. The summed E-state index contributed by atoms with van der Waals surface area (Å²) < 4.78 is 0. The van der Waals surface area contributed by atoms with Crippen LogP contribution in [-0.2, 0) is 6.54 Å². The molecule has 0 bridgehead atoms. The van der Waals surface area contributed by atoms with Crippen LogP contribution in [0.25, 0.3) is 11.3 Å². The molecular formula is C9H11N3S. The Morgan fingerprint density at radius 2 is 2.46 bits per heavy atom. The van der Waals surface area contributed by atoms with Crippen LogP contribution in [0.5, 0.6) is 0 Å². The summed E-state index contributed by atoms with van der Waals surface area (Å²) in [6.45, 7) is 2.62. The number of thiophene rings is 1. The molecule has 0 spiro atoms. The summed E-state index contributed by atoms with van der Waals surface area (Å²) in [6, 6.07) is 2.14. The normalized spacial score (nSPS) is 10.6. The number of hydrogen-bond acceptors (Lipinski definition) is 3. The van der Waals surface area contributed by atoms with Crippen molar-refractivity contribution in [1.82, 2.24) is 10.2 Å². The van der Waals surface area contributed by atoms with Crippen molar-refractivity contribution in [3.8, 4) is 11.3 Å². The number of nitrogens with zero attached hydrogens (tertiary/aromatic N) is 1. The van der Waals surface area contributed by atoms with Gasteiger partial charge in [0.25, 0.3) is 0 Å². The van der Waals surface area contributed by atoms with E-state index in [2.05, 4.69) is 28.6 Å². The molecule has 0 saturated heterocycles. The maximum atomic E-state index is 5.58. The molecule has 3 nitrogen and oxygen atoms in total. The SMILES string of the molecule is Cc1cc(-c2[nH]ncc2CN)cs1. The fraction of sp³-hybridized carbons (Fsp3) is 0.222. The first-order chi connectivity index (χ1) is 6.31. The Kier molecular flexibility index (Phi) is 2.16. The van der Waals surface area contributed by atoms with E-state index < -0.39 is 0 Å². The molecule has 2 aromatic heterocycles. The highest BCUT2D eigenvalue weighted by atomic mass is 32.1. The highest BCUT2D eigenvalue weighted by molar-refractivity contribution is 7.10. The maximum Gasteiger partial charge on any atom is 0.0703 e. The summed E-state index contributed by atoms with van der Waals surface area (Å²) in [6.07, 6.45) is 1.78. The number of aryl methyl sites for hydroxylation is 1. The molecule has 0 amide bonds. The van der Waals surface area contributed by atoms with Gasteiger partial charge in [0.2, 0.25) is 0 Å². The number of aromatic nitrogens is 2. The molecule has 0 atom stereocenters. The molecule has 13 heavy (non-hydrogen) atoms. The molecule has 0 unspecified atom stereocenters. The fourth-order valence-electron chi connectivity index (χ4n) is 1.29. The minimum Gasteiger partial charge on any atom is -0.326 e. The van der Waals surface area contributed by atoms with Gasteiger partial charge in [0.1, 0.15) is 0 Å². The lowest BCUT2D eigenvalue weighted by atomic mass is 10.1. The molecule has 0 radical (unpaired) electrons. The van der Waals surface area contributed by atoms with Crippen LogP contribution in [0.4, 0.5) is 0 Å². The zero-order valence-corrected chi connectivity index (χ0v) is 8.19. The first kappa shape index (κ1) is 8.47. The highest BCUT2D eigenvalue weighted by Crippen LogP contribution is 2.25. The second-order valence-electron chi connectivity index (χ2n) is 2.92. The van der Waals surface area contributed by atoms with Gasteiger partial charge in [0.15, 0.2) is 0 Å². The third kappa shape index (κ3) is 1.50. The Morgan fingerprint density at radius 1 is 1.62 bits per heavy atom. The summed E-state index contributed by atoms with van der Waals surface area (Å²) in [5, 5.41) is 9.05. The number of aromatic amines is 1. The van der Waals surface area contributed by atoms with Crippen LogP contribution in [0.2, 0.25) is 0 Å². The van der Waals surface area contributed by atoms with E-state index in [1.165, 1.54) is 10.4 Å². The second-order valence-corrected chi connectivity index (χ2v) is 4.04. The largest absolute Gasteiger partial charge is 0.326 e. The Morgan fingerprint density at radius 3 is 3.08 bits per heavy atom. The van der Waals surface area contributed by atoms with Crippen LogP contribution < -0.4 is 5.73 Å². The van der Waals surface area contributed by atoms with Gasteiger partial charge in [0, 0.05) is 27.9 Å². The van der Waals surface area contributed by atoms with Crippen LogP contribution >= 0.6 is 11.3 Å². The van der Waals surface area contributed by atoms with Gasteiger partial charge in [-0.2, -0.15) is 5.10 Å². The van der Waals surface area contributed by atoms with Crippen LogP contribution in [0, 0.1) is 6.92 Å². The van der Waals surface area contributed by atoms with Gasteiger partial charge in [-0.3, -0.25) is 5.10 Å². The molecule has 0 aliphatic rings. The molecular weight excluding hydrogens is 182 g/mol. The van der Waals surface area contributed by atoms with Crippen LogP contribution in [-0.4, -0.2) is 10.2 Å². The summed E-state index contributed by atoms with van der Waals surface area (Å²) in [4.78, 5) is 1.30. The van der Waals surface area contributed by atoms with Crippen molar-refractivity contribution in [3.05, 3.63) is 28.1 Å². The summed E-state index contributed by atoms with van der Waals surface area (Å²) in [5.41, 5.74) is 8.88. The Labute approximate surface area is 80.6 Å². The van der Waals surface area contributed by atoms with Gasteiger partial charge in [-0.25, -0.2) is 0 Å². The fourth-order valence-corrected chi connectivity index (χ4v) is 1.98. The minimum absolute atomic E-state index is 0.528. The van der Waals surface area contributed by atoms with Crippen molar-refractivity contribution in [2.24, 2.45) is 5.73 Å². The maximum absolute atomic E-state index is 5.58. The monoisotopic (exact) mass is 193 g/mol. The Bertz CT molecular complexity index is 402. The number of nitrogens with two attached hydrogens (primary N) is 1. The van der Waals surface area contributed by atoms with E-state index in [0.29, 0.717) is 6.54 Å². The second kappa shape index (κ2) is 3.32. The molecule has 2 heterocycles. The van der Waals surface area contributed by atoms with Crippen molar-refractivity contribution >= 4 is 11.3 Å². The Balaban J connectivity index is 2.45. The number of H-pyrrole nitrogens is 1. The topological polar surface area (TPSA) is 54.7 Å². The number of rotatable bonds is 2. The van der Waals surface area contributed by atoms with Gasteiger partial charge >= 0.3 is 0 Å². The molecule has 2 rings (SSSR count). The van der Waals surface area contributed by atoms with E-state index in [-0.39, 0.29) is 0 Å². The van der Waals surface area contributed by atoms with E-state index in [0.717, 1.165) is 11.3 Å². The summed E-state index contributed by atoms with van der Waals surface area (Å²) >= 11 is 1.73. The van der Waals surface area contributed by atoms with E-state index in [9.17, 15) is 0 Å². The van der Waals surface area contributed by atoms with Gasteiger partial charge in [-0.05, 0) is 13.0 Å². The lowest BCUT2D eigenvalue weighted by Crippen LogP contribution is -1.95. The van der Waals surface area contributed by atoms with Gasteiger partial charge < -0.3 is 5.73 Å². The molecule has 2 aromatic rings. The summed E-state index contributed by atoms with van der Waals surface area (Å²) in [5.74, 6) is 0. The minimum atomic E-state index is 0.528. The zero-order chi connectivity index (χ0) is 9.26. The predicted octanol–water partition coefficient (Wildman–Crippen LogP) is 1.91. The lowest BCUT2D eigenvalue weighted by Gasteiger charge is -1.95. The van der Waals surface area contributed by atoms with E-state index >= 15 is 0 Å². The van der Waals surface area contributed by atoms with Crippen molar-refractivity contribution in [2.45, 2.75) is 13.5 Å². The van der Waals surface area contributed by atoms with Crippen LogP contribution in [0.3, 0.4) is 0 Å². The van der Waals surface area contributed by atoms with E-state index in [1.807, 2.05) is 0 Å². The van der Waals surface area contributed by atoms with E-state index in [1.54, 1.807) is 17.5 Å². The molecule has 0 saturated carbocycles. The molecule has 68 valence electrons. The third-order valence-corrected chi connectivity index (χ3v) is 2.82. The average molecular weight is 193 g/mol. The molecule has 3 N–H and O–H groups in total. The van der Waals surface area contributed by atoms with Gasteiger partial charge in [0.05, 0.1) is 11.9 Å². The number of hydrogen-bond donors (Lipinski definition) is 2. The molecule has 0 aliphatic carbocycles. The Hall–Kier alpha value is -1.13. The molecule has 4 heteroatoms. The average Bonchev–Trinajstić information content (AvgIpc) is 2.71. The lowest BCUT2D eigenvalue weighted by molar-refractivity contribution is 1.08. The zero-order valence-electron chi connectivity index (χ0n) is 7.37. The van der Waals surface area contributed by atoms with Crippen molar-refractivity contribution in [3.63, 3.8) is 0 Å². The third-order valence-electron chi connectivity index (χ3n) is 1.96. The molecule has 0 aliphatic heterocycles. The standard InChI is InChI=1S/C9H11N3S/c1-6-2-7(5-13-6)9-8(3-10)4-11-12-9/h2,4-5H,3,10H2,1H3,(H,11,12). The van der Waals surface area contributed by atoms with Gasteiger partial charge in [-0.1, -0.05) is 0 Å². The van der Waals surface area contributed by atoms with Crippen LogP contribution in [0.15, 0.2) is 17.6 Å².